The van der Waals surface area contributed by atoms with Gasteiger partial charge >= 0.3 is 6.03 Å². The molecule has 3 N–H and O–H groups in total. The Labute approximate surface area is 161 Å². The van der Waals surface area contributed by atoms with Gasteiger partial charge in [0.15, 0.2) is 0 Å². The van der Waals surface area contributed by atoms with Crippen LogP contribution in [0.25, 0.3) is 0 Å². The zero-order valence-corrected chi connectivity index (χ0v) is 15.5. The van der Waals surface area contributed by atoms with Crippen LogP contribution in [0.1, 0.15) is 31.7 Å². The SMILES string of the molecule is C[C@@]1(CCCC(=O)Nc2cnn(Cc3ccc(Cl)cc3)c2)NC(=O)NC1=O. The Morgan fingerprint density at radius 1 is 1.30 bits per heavy atom. The fraction of sp³-hybridized carbons (Fsp3) is 0.333. The smallest absolute Gasteiger partial charge is 0.322 e. The van der Waals surface area contributed by atoms with Crippen LogP contribution in [0.2, 0.25) is 5.02 Å². The third-order valence-corrected chi connectivity index (χ3v) is 4.63. The van der Waals surface area contributed by atoms with Crippen molar-refractivity contribution in [2.75, 3.05) is 5.32 Å². The van der Waals surface area contributed by atoms with E-state index in [1.807, 2.05) is 24.3 Å². The number of rotatable bonds is 7. The number of amides is 4. The maximum absolute atomic E-state index is 12.1. The summed E-state index contributed by atoms with van der Waals surface area (Å²) < 4.78 is 1.72. The van der Waals surface area contributed by atoms with Crippen LogP contribution >= 0.6 is 11.6 Å². The molecule has 0 spiro atoms. The topological polar surface area (TPSA) is 105 Å². The Morgan fingerprint density at radius 2 is 2.04 bits per heavy atom. The number of hydrogen-bond donors (Lipinski definition) is 3. The molecule has 9 heteroatoms. The lowest BCUT2D eigenvalue weighted by Crippen LogP contribution is -2.43. The van der Waals surface area contributed by atoms with Crippen LogP contribution in [0.3, 0.4) is 0 Å². The summed E-state index contributed by atoms with van der Waals surface area (Å²) in [6, 6.07) is 6.97. The molecule has 2 aromatic rings. The molecule has 0 bridgehead atoms. The van der Waals surface area contributed by atoms with Crippen LogP contribution in [0.4, 0.5) is 10.5 Å². The molecular weight excluding hydrogens is 370 g/mol. The molecule has 1 atom stereocenters. The number of benzene rings is 1. The highest BCUT2D eigenvalue weighted by molar-refractivity contribution is 6.30. The van der Waals surface area contributed by atoms with Crippen LogP contribution in [0.5, 0.6) is 0 Å². The first kappa shape index (κ1) is 18.9. The average molecular weight is 390 g/mol. The Kier molecular flexibility index (Phi) is 5.46. The normalized spacial score (nSPS) is 18.9. The van der Waals surface area contributed by atoms with E-state index in [4.69, 9.17) is 11.6 Å². The van der Waals surface area contributed by atoms with Crippen molar-refractivity contribution in [3.63, 3.8) is 0 Å². The zero-order chi connectivity index (χ0) is 19.4. The first-order valence-electron chi connectivity index (χ1n) is 8.54. The van der Waals surface area contributed by atoms with Gasteiger partial charge in [0, 0.05) is 17.6 Å². The van der Waals surface area contributed by atoms with E-state index in [9.17, 15) is 14.4 Å². The highest BCUT2D eigenvalue weighted by Gasteiger charge is 2.41. The molecule has 0 radical (unpaired) electrons. The summed E-state index contributed by atoms with van der Waals surface area (Å²) in [5, 5.41) is 12.5. The average Bonchev–Trinajstić information content (AvgIpc) is 3.13. The summed E-state index contributed by atoms with van der Waals surface area (Å²) in [5.74, 6) is -0.536. The van der Waals surface area contributed by atoms with Crippen molar-refractivity contribution in [1.82, 2.24) is 20.4 Å². The predicted octanol–water partition coefficient (Wildman–Crippen LogP) is 2.29. The van der Waals surface area contributed by atoms with Gasteiger partial charge in [0.1, 0.15) is 5.54 Å². The summed E-state index contributed by atoms with van der Waals surface area (Å²) in [4.78, 5) is 35.0. The van der Waals surface area contributed by atoms with Crippen molar-refractivity contribution in [2.45, 2.75) is 38.3 Å². The van der Waals surface area contributed by atoms with Gasteiger partial charge in [-0.05, 0) is 37.5 Å². The number of urea groups is 1. The van der Waals surface area contributed by atoms with Gasteiger partial charge in [-0.3, -0.25) is 19.6 Å². The second-order valence-corrected chi connectivity index (χ2v) is 7.13. The van der Waals surface area contributed by atoms with E-state index in [2.05, 4.69) is 21.0 Å². The molecule has 3 rings (SSSR count). The van der Waals surface area contributed by atoms with E-state index >= 15 is 0 Å². The minimum absolute atomic E-state index is 0.172. The maximum atomic E-state index is 12.1. The predicted molar refractivity (Wildman–Crippen MR) is 100 cm³/mol. The first-order valence-corrected chi connectivity index (χ1v) is 8.92. The second-order valence-electron chi connectivity index (χ2n) is 6.70. The van der Waals surface area contributed by atoms with Gasteiger partial charge in [0.25, 0.3) is 5.91 Å². The summed E-state index contributed by atoms with van der Waals surface area (Å²) in [6.45, 7) is 2.21. The van der Waals surface area contributed by atoms with Crippen molar-refractivity contribution in [3.05, 3.63) is 47.2 Å². The van der Waals surface area contributed by atoms with Crippen LogP contribution in [0.15, 0.2) is 36.7 Å². The molecule has 2 heterocycles. The van der Waals surface area contributed by atoms with Crippen molar-refractivity contribution in [3.8, 4) is 0 Å². The molecule has 0 saturated carbocycles. The van der Waals surface area contributed by atoms with Gasteiger partial charge < -0.3 is 10.6 Å². The Balaban J connectivity index is 1.46. The molecule has 27 heavy (non-hydrogen) atoms. The minimum atomic E-state index is -0.958. The molecule has 4 amide bonds. The van der Waals surface area contributed by atoms with Crippen molar-refractivity contribution in [1.29, 1.82) is 0 Å². The lowest BCUT2D eigenvalue weighted by Gasteiger charge is -2.19. The molecule has 1 saturated heterocycles. The molecule has 0 unspecified atom stereocenters. The Hall–Kier alpha value is -2.87. The van der Waals surface area contributed by atoms with Crippen LogP contribution < -0.4 is 16.0 Å². The van der Waals surface area contributed by atoms with E-state index in [1.165, 1.54) is 0 Å². The monoisotopic (exact) mass is 389 g/mol. The van der Waals surface area contributed by atoms with E-state index in [0.717, 1.165) is 5.56 Å². The van der Waals surface area contributed by atoms with Gasteiger partial charge in [-0.1, -0.05) is 23.7 Å². The quantitative estimate of drug-likeness (QED) is 0.632. The molecule has 1 aromatic heterocycles. The van der Waals surface area contributed by atoms with Gasteiger partial charge in [0.2, 0.25) is 5.91 Å². The maximum Gasteiger partial charge on any atom is 0.322 e. The van der Waals surface area contributed by atoms with Gasteiger partial charge in [-0.25, -0.2) is 4.79 Å². The van der Waals surface area contributed by atoms with E-state index < -0.39 is 11.6 Å². The number of nitrogens with one attached hydrogen (secondary N) is 3. The molecule has 8 nitrogen and oxygen atoms in total. The highest BCUT2D eigenvalue weighted by Crippen LogP contribution is 2.18. The van der Waals surface area contributed by atoms with E-state index in [0.29, 0.717) is 30.1 Å². The lowest BCUT2D eigenvalue weighted by molar-refractivity contribution is -0.124. The van der Waals surface area contributed by atoms with Crippen molar-refractivity contribution in [2.24, 2.45) is 0 Å². The standard InChI is InChI=1S/C18H20ClN5O3/c1-18(16(26)22-17(27)23-18)8-2-3-15(25)21-14-9-20-24(11-14)10-12-4-6-13(19)7-5-12/h4-7,9,11H,2-3,8,10H2,1H3,(H,21,25)(H2,22,23,26,27)/t18-/m0/s1. The summed E-state index contributed by atoms with van der Waals surface area (Å²) in [5.41, 5.74) is 0.693. The number of anilines is 1. The Bertz CT molecular complexity index is 864. The number of hydrogen-bond acceptors (Lipinski definition) is 4. The number of halogens is 1. The van der Waals surface area contributed by atoms with Gasteiger partial charge in [-0.2, -0.15) is 5.10 Å². The number of imide groups is 1. The molecule has 1 aromatic carbocycles. The van der Waals surface area contributed by atoms with Gasteiger partial charge in [-0.15, -0.1) is 0 Å². The highest BCUT2D eigenvalue weighted by atomic mass is 35.5. The molecular formula is C18H20ClN5O3. The first-order chi connectivity index (χ1) is 12.8. The minimum Gasteiger partial charge on any atom is -0.324 e. The third kappa shape index (κ3) is 4.85. The number of carbonyl (C=O) groups excluding carboxylic acids is 3. The van der Waals surface area contributed by atoms with Crippen LogP contribution in [-0.4, -0.2) is 33.2 Å². The largest absolute Gasteiger partial charge is 0.324 e. The molecule has 1 aliphatic rings. The molecule has 1 aliphatic heterocycles. The number of carbonyl (C=O) groups is 3. The fourth-order valence-corrected chi connectivity index (χ4v) is 3.00. The molecule has 0 aliphatic carbocycles. The van der Waals surface area contributed by atoms with E-state index in [1.54, 1.807) is 24.0 Å². The number of nitrogens with zero attached hydrogens (tertiary/aromatic N) is 2. The molecule has 142 valence electrons. The molecule has 1 fully saturated rings. The summed E-state index contributed by atoms with van der Waals surface area (Å²) in [7, 11) is 0. The third-order valence-electron chi connectivity index (χ3n) is 4.37. The van der Waals surface area contributed by atoms with E-state index in [-0.39, 0.29) is 18.2 Å². The summed E-state index contributed by atoms with van der Waals surface area (Å²) >= 11 is 5.87. The van der Waals surface area contributed by atoms with Gasteiger partial charge in [0.05, 0.1) is 18.4 Å². The zero-order valence-electron chi connectivity index (χ0n) is 14.8. The van der Waals surface area contributed by atoms with Crippen LogP contribution in [0, 0.1) is 0 Å². The fourth-order valence-electron chi connectivity index (χ4n) is 2.87. The summed E-state index contributed by atoms with van der Waals surface area (Å²) in [6.07, 6.45) is 4.42. The second kappa shape index (κ2) is 7.79. The number of aromatic nitrogens is 2. The van der Waals surface area contributed by atoms with Crippen LogP contribution in [-0.2, 0) is 16.1 Å². The van der Waals surface area contributed by atoms with Crippen molar-refractivity contribution >= 4 is 35.1 Å². The lowest BCUT2D eigenvalue weighted by atomic mass is 9.95. The Morgan fingerprint density at radius 3 is 2.70 bits per heavy atom. The van der Waals surface area contributed by atoms with Crippen molar-refractivity contribution < 1.29 is 14.4 Å².